The van der Waals surface area contributed by atoms with Crippen molar-refractivity contribution in [2.75, 3.05) is 0 Å². The molecule has 0 bridgehead atoms. The second-order valence-corrected chi connectivity index (χ2v) is 3.35. The van der Waals surface area contributed by atoms with E-state index in [1.165, 1.54) is 6.20 Å². The molecule has 0 saturated carbocycles. The normalized spacial score (nSPS) is 10.5. The summed E-state index contributed by atoms with van der Waals surface area (Å²) in [5.41, 5.74) is -0.187. The maximum absolute atomic E-state index is 11.3. The molecule has 0 radical (unpaired) electrons. The predicted octanol–water partition coefficient (Wildman–Crippen LogP) is 0.520. The molecule has 5 heteroatoms. The Morgan fingerprint density at radius 3 is 2.71 bits per heavy atom. The molecule has 5 nitrogen and oxygen atoms in total. The first kappa shape index (κ1) is 10.4. The predicted molar refractivity (Wildman–Crippen MR) is 50.3 cm³/mol. The standard InChI is InChI=1S/C9H12N2O3/c1-5(2)8-10-4-6(3-7(12)13)9(14)11-8/h4-5H,3H2,1-2H3,(H,12,13)(H,10,11,14). The quantitative estimate of drug-likeness (QED) is 0.738. The van der Waals surface area contributed by atoms with Crippen LogP contribution in [-0.2, 0) is 11.2 Å². The Kier molecular flexibility index (Phi) is 3.01. The number of aromatic amines is 1. The second-order valence-electron chi connectivity index (χ2n) is 3.35. The molecule has 0 saturated heterocycles. The van der Waals surface area contributed by atoms with E-state index >= 15 is 0 Å². The summed E-state index contributed by atoms with van der Waals surface area (Å²) in [5.74, 6) is -0.333. The van der Waals surface area contributed by atoms with Crippen LogP contribution in [0.3, 0.4) is 0 Å². The molecule has 0 aliphatic rings. The number of hydrogen-bond acceptors (Lipinski definition) is 3. The van der Waals surface area contributed by atoms with Crippen molar-refractivity contribution in [3.8, 4) is 0 Å². The number of nitrogens with one attached hydrogen (secondary N) is 1. The van der Waals surface area contributed by atoms with Crippen molar-refractivity contribution in [3.05, 3.63) is 27.9 Å². The molecule has 1 rings (SSSR count). The highest BCUT2D eigenvalue weighted by atomic mass is 16.4. The van der Waals surface area contributed by atoms with E-state index in [-0.39, 0.29) is 23.5 Å². The molecular formula is C9H12N2O3. The number of rotatable bonds is 3. The fraction of sp³-hybridized carbons (Fsp3) is 0.444. The molecule has 0 aliphatic heterocycles. The van der Waals surface area contributed by atoms with Crippen LogP contribution in [0.5, 0.6) is 0 Å². The topological polar surface area (TPSA) is 83.0 Å². The molecule has 76 valence electrons. The van der Waals surface area contributed by atoms with Gasteiger partial charge < -0.3 is 10.1 Å². The first-order valence-electron chi connectivity index (χ1n) is 4.30. The van der Waals surface area contributed by atoms with E-state index in [1.54, 1.807) is 0 Å². The molecule has 1 heterocycles. The Bertz CT molecular complexity index is 395. The Morgan fingerprint density at radius 2 is 2.29 bits per heavy atom. The summed E-state index contributed by atoms with van der Waals surface area (Å²) in [6.07, 6.45) is 1.03. The summed E-state index contributed by atoms with van der Waals surface area (Å²) in [6, 6.07) is 0. The molecule has 1 aromatic rings. The first-order valence-corrected chi connectivity index (χ1v) is 4.30. The van der Waals surface area contributed by atoms with Crippen molar-refractivity contribution in [3.63, 3.8) is 0 Å². The minimum absolute atomic E-state index is 0.126. The van der Waals surface area contributed by atoms with Gasteiger partial charge in [-0.05, 0) is 0 Å². The van der Waals surface area contributed by atoms with Crippen LogP contribution in [0.2, 0.25) is 0 Å². The number of carboxylic acid groups (broad SMARTS) is 1. The molecule has 0 amide bonds. The zero-order valence-electron chi connectivity index (χ0n) is 8.07. The SMILES string of the molecule is CC(C)c1ncc(CC(=O)O)c(=O)[nH]1. The van der Waals surface area contributed by atoms with E-state index in [2.05, 4.69) is 9.97 Å². The minimum Gasteiger partial charge on any atom is -0.481 e. The smallest absolute Gasteiger partial charge is 0.308 e. The van der Waals surface area contributed by atoms with E-state index in [9.17, 15) is 9.59 Å². The van der Waals surface area contributed by atoms with E-state index in [0.717, 1.165) is 0 Å². The number of H-pyrrole nitrogens is 1. The molecule has 2 N–H and O–H groups in total. The van der Waals surface area contributed by atoms with Crippen LogP contribution in [0.4, 0.5) is 0 Å². The molecule has 0 unspecified atom stereocenters. The number of carboxylic acids is 1. The maximum atomic E-state index is 11.3. The zero-order chi connectivity index (χ0) is 10.7. The average Bonchev–Trinajstić information content (AvgIpc) is 2.07. The van der Waals surface area contributed by atoms with Crippen LogP contribution < -0.4 is 5.56 Å². The number of hydrogen-bond donors (Lipinski definition) is 2. The van der Waals surface area contributed by atoms with Crippen molar-refractivity contribution in [2.45, 2.75) is 26.2 Å². The maximum Gasteiger partial charge on any atom is 0.308 e. The Balaban J connectivity index is 3.02. The van der Waals surface area contributed by atoms with Crippen LogP contribution in [0.25, 0.3) is 0 Å². The zero-order valence-corrected chi connectivity index (χ0v) is 8.07. The monoisotopic (exact) mass is 196 g/mol. The highest BCUT2D eigenvalue weighted by Crippen LogP contribution is 2.05. The number of carbonyl (C=O) groups is 1. The lowest BCUT2D eigenvalue weighted by Gasteiger charge is -2.03. The highest BCUT2D eigenvalue weighted by molar-refractivity contribution is 5.69. The van der Waals surface area contributed by atoms with Crippen LogP contribution in [0.15, 0.2) is 11.0 Å². The lowest BCUT2D eigenvalue weighted by molar-refractivity contribution is -0.136. The lowest BCUT2D eigenvalue weighted by Crippen LogP contribution is -2.19. The molecule has 0 atom stereocenters. The summed E-state index contributed by atoms with van der Waals surface area (Å²) < 4.78 is 0. The van der Waals surface area contributed by atoms with E-state index < -0.39 is 5.97 Å². The molecular weight excluding hydrogens is 184 g/mol. The van der Waals surface area contributed by atoms with Gasteiger partial charge in [-0.1, -0.05) is 13.8 Å². The Morgan fingerprint density at radius 1 is 1.64 bits per heavy atom. The highest BCUT2D eigenvalue weighted by Gasteiger charge is 2.08. The molecule has 0 aliphatic carbocycles. The number of aromatic nitrogens is 2. The first-order chi connectivity index (χ1) is 6.50. The molecule has 14 heavy (non-hydrogen) atoms. The second kappa shape index (κ2) is 4.04. The van der Waals surface area contributed by atoms with Gasteiger partial charge >= 0.3 is 5.97 Å². The number of aliphatic carboxylic acids is 1. The van der Waals surface area contributed by atoms with Gasteiger partial charge in [0, 0.05) is 17.7 Å². The summed E-state index contributed by atoms with van der Waals surface area (Å²) in [7, 11) is 0. The van der Waals surface area contributed by atoms with Gasteiger partial charge in [0.25, 0.3) is 5.56 Å². The van der Waals surface area contributed by atoms with Gasteiger partial charge in [0.15, 0.2) is 0 Å². The van der Waals surface area contributed by atoms with E-state index in [1.807, 2.05) is 13.8 Å². The fourth-order valence-electron chi connectivity index (χ4n) is 1.02. The molecule has 0 aromatic carbocycles. The Hall–Kier alpha value is -1.65. The van der Waals surface area contributed by atoms with Gasteiger partial charge in [0.05, 0.1) is 6.42 Å². The summed E-state index contributed by atoms with van der Waals surface area (Å²) in [6.45, 7) is 3.80. The summed E-state index contributed by atoms with van der Waals surface area (Å²) in [5, 5.41) is 8.49. The van der Waals surface area contributed by atoms with Gasteiger partial charge in [0.2, 0.25) is 0 Å². The van der Waals surface area contributed by atoms with Crippen molar-refractivity contribution in [2.24, 2.45) is 0 Å². The minimum atomic E-state index is -1.03. The summed E-state index contributed by atoms with van der Waals surface area (Å²) in [4.78, 5) is 28.2. The molecule has 0 spiro atoms. The van der Waals surface area contributed by atoms with Crippen molar-refractivity contribution in [1.82, 2.24) is 9.97 Å². The average molecular weight is 196 g/mol. The van der Waals surface area contributed by atoms with Crippen LogP contribution in [-0.4, -0.2) is 21.0 Å². The van der Waals surface area contributed by atoms with Crippen molar-refractivity contribution >= 4 is 5.97 Å². The van der Waals surface area contributed by atoms with Gasteiger partial charge in [-0.2, -0.15) is 0 Å². The number of nitrogens with zero attached hydrogens (tertiary/aromatic N) is 1. The molecule has 1 aromatic heterocycles. The third-order valence-electron chi connectivity index (χ3n) is 1.78. The van der Waals surface area contributed by atoms with Gasteiger partial charge in [-0.15, -0.1) is 0 Å². The van der Waals surface area contributed by atoms with Crippen molar-refractivity contribution < 1.29 is 9.90 Å². The van der Waals surface area contributed by atoms with Crippen molar-refractivity contribution in [1.29, 1.82) is 0 Å². The van der Waals surface area contributed by atoms with Crippen LogP contribution >= 0.6 is 0 Å². The van der Waals surface area contributed by atoms with Crippen LogP contribution in [0, 0.1) is 0 Å². The summed E-state index contributed by atoms with van der Waals surface area (Å²) >= 11 is 0. The van der Waals surface area contributed by atoms with E-state index in [0.29, 0.717) is 5.82 Å². The third-order valence-corrected chi connectivity index (χ3v) is 1.78. The van der Waals surface area contributed by atoms with Gasteiger partial charge in [-0.25, -0.2) is 4.98 Å². The largest absolute Gasteiger partial charge is 0.481 e. The van der Waals surface area contributed by atoms with Gasteiger partial charge in [-0.3, -0.25) is 9.59 Å². The Labute approximate surface area is 80.8 Å². The van der Waals surface area contributed by atoms with E-state index in [4.69, 9.17) is 5.11 Å². The van der Waals surface area contributed by atoms with Crippen LogP contribution in [0.1, 0.15) is 31.2 Å². The third kappa shape index (κ3) is 2.42. The van der Waals surface area contributed by atoms with Gasteiger partial charge in [0.1, 0.15) is 5.82 Å². The fourth-order valence-corrected chi connectivity index (χ4v) is 1.02. The lowest BCUT2D eigenvalue weighted by atomic mass is 10.2. The molecule has 0 fully saturated rings.